The molecule has 0 bridgehead atoms. The van der Waals surface area contributed by atoms with Crippen LogP contribution in [0.3, 0.4) is 0 Å². The Morgan fingerprint density at radius 2 is 1.50 bits per heavy atom. The van der Waals surface area contributed by atoms with Crippen molar-refractivity contribution in [2.24, 2.45) is 23.7 Å². The van der Waals surface area contributed by atoms with E-state index in [2.05, 4.69) is 20.8 Å². The quantitative estimate of drug-likeness (QED) is 0.714. The van der Waals surface area contributed by atoms with Crippen molar-refractivity contribution in [3.8, 4) is 0 Å². The summed E-state index contributed by atoms with van der Waals surface area (Å²) >= 11 is 0. The molecule has 0 aliphatic heterocycles. The molecule has 0 aromatic carbocycles. The van der Waals surface area contributed by atoms with Crippen LogP contribution in [-0.4, -0.2) is 10.7 Å². The van der Waals surface area contributed by atoms with Crippen molar-refractivity contribution in [3.05, 3.63) is 0 Å². The molecule has 1 nitrogen and oxygen atoms in total. The second-order valence-electron chi connectivity index (χ2n) is 6.73. The molecule has 2 saturated carbocycles. The van der Waals surface area contributed by atoms with E-state index in [-0.39, 0.29) is 5.60 Å². The molecule has 16 heavy (non-hydrogen) atoms. The molecule has 2 aliphatic carbocycles. The monoisotopic (exact) mass is 224 g/mol. The van der Waals surface area contributed by atoms with Gasteiger partial charge in [0.15, 0.2) is 0 Å². The molecule has 94 valence electrons. The predicted molar refractivity (Wildman–Crippen MR) is 68.3 cm³/mol. The van der Waals surface area contributed by atoms with Gasteiger partial charge in [0.1, 0.15) is 0 Å². The Kier molecular flexibility index (Phi) is 3.63. The molecule has 0 aromatic rings. The van der Waals surface area contributed by atoms with E-state index in [1.54, 1.807) is 0 Å². The van der Waals surface area contributed by atoms with Crippen molar-refractivity contribution >= 4 is 0 Å². The summed E-state index contributed by atoms with van der Waals surface area (Å²) in [6, 6.07) is 0. The smallest absolute Gasteiger partial charge is 0.0701 e. The lowest BCUT2D eigenvalue weighted by molar-refractivity contribution is -0.110. The Hall–Kier alpha value is -0.0400. The SMILES string of the molecule is CC1CCC(C2(O)CCC(C)CC2C)CC1. The van der Waals surface area contributed by atoms with E-state index in [9.17, 15) is 5.11 Å². The molecule has 3 unspecified atom stereocenters. The van der Waals surface area contributed by atoms with Crippen LogP contribution in [0.25, 0.3) is 0 Å². The summed E-state index contributed by atoms with van der Waals surface area (Å²) in [6.07, 6.45) is 8.68. The van der Waals surface area contributed by atoms with Crippen molar-refractivity contribution in [3.63, 3.8) is 0 Å². The zero-order valence-electron chi connectivity index (χ0n) is 11.2. The van der Waals surface area contributed by atoms with E-state index in [1.807, 2.05) is 0 Å². The minimum Gasteiger partial charge on any atom is -0.389 e. The molecule has 0 heterocycles. The number of rotatable bonds is 1. The number of aliphatic hydroxyl groups is 1. The van der Waals surface area contributed by atoms with Gasteiger partial charge in [0, 0.05) is 0 Å². The first-order valence-electron chi connectivity index (χ1n) is 7.24. The van der Waals surface area contributed by atoms with Crippen LogP contribution in [0, 0.1) is 23.7 Å². The Balaban J connectivity index is 2.01. The third-order valence-electron chi connectivity index (χ3n) is 5.37. The van der Waals surface area contributed by atoms with Crippen molar-refractivity contribution in [2.75, 3.05) is 0 Å². The summed E-state index contributed by atoms with van der Waals surface area (Å²) in [7, 11) is 0. The lowest BCUT2D eigenvalue weighted by Crippen LogP contribution is -2.48. The zero-order chi connectivity index (χ0) is 11.8. The number of hydrogen-bond acceptors (Lipinski definition) is 1. The lowest BCUT2D eigenvalue weighted by Gasteiger charge is -2.48. The van der Waals surface area contributed by atoms with Gasteiger partial charge in [-0.2, -0.15) is 0 Å². The summed E-state index contributed by atoms with van der Waals surface area (Å²) in [5.74, 6) is 2.80. The van der Waals surface area contributed by atoms with Crippen molar-refractivity contribution < 1.29 is 5.11 Å². The first-order valence-corrected chi connectivity index (χ1v) is 7.24. The van der Waals surface area contributed by atoms with Crippen LogP contribution in [0.4, 0.5) is 0 Å². The van der Waals surface area contributed by atoms with Crippen molar-refractivity contribution in [1.29, 1.82) is 0 Å². The topological polar surface area (TPSA) is 20.2 Å². The van der Waals surface area contributed by atoms with Crippen LogP contribution in [0.15, 0.2) is 0 Å². The van der Waals surface area contributed by atoms with Crippen molar-refractivity contribution in [1.82, 2.24) is 0 Å². The van der Waals surface area contributed by atoms with Crippen LogP contribution in [0.1, 0.15) is 65.7 Å². The van der Waals surface area contributed by atoms with Crippen LogP contribution in [0.2, 0.25) is 0 Å². The first-order chi connectivity index (χ1) is 7.52. The van der Waals surface area contributed by atoms with E-state index >= 15 is 0 Å². The molecule has 2 fully saturated rings. The Morgan fingerprint density at radius 1 is 0.875 bits per heavy atom. The summed E-state index contributed by atoms with van der Waals surface area (Å²) in [6.45, 7) is 6.96. The molecule has 1 N–H and O–H groups in total. The minimum atomic E-state index is -0.327. The van der Waals surface area contributed by atoms with Crippen LogP contribution < -0.4 is 0 Å². The average molecular weight is 224 g/mol. The van der Waals surface area contributed by atoms with Gasteiger partial charge in [-0.25, -0.2) is 0 Å². The van der Waals surface area contributed by atoms with Gasteiger partial charge in [0.05, 0.1) is 5.60 Å². The molecular weight excluding hydrogens is 196 g/mol. The summed E-state index contributed by atoms with van der Waals surface area (Å²) in [4.78, 5) is 0. The molecule has 2 aliphatic rings. The van der Waals surface area contributed by atoms with E-state index in [4.69, 9.17) is 0 Å². The maximum atomic E-state index is 11.0. The maximum Gasteiger partial charge on any atom is 0.0701 e. The molecule has 2 rings (SSSR count). The van der Waals surface area contributed by atoms with E-state index in [0.29, 0.717) is 11.8 Å². The average Bonchev–Trinajstić information content (AvgIpc) is 2.25. The molecule has 0 radical (unpaired) electrons. The minimum absolute atomic E-state index is 0.327. The summed E-state index contributed by atoms with van der Waals surface area (Å²) in [5, 5.41) is 11.0. The Bertz CT molecular complexity index is 230. The largest absolute Gasteiger partial charge is 0.389 e. The van der Waals surface area contributed by atoms with Gasteiger partial charge in [0.25, 0.3) is 0 Å². The molecule has 0 saturated heterocycles. The zero-order valence-corrected chi connectivity index (χ0v) is 11.2. The molecule has 0 spiro atoms. The van der Waals surface area contributed by atoms with Gasteiger partial charge in [0.2, 0.25) is 0 Å². The fourth-order valence-corrected chi connectivity index (χ4v) is 4.02. The highest BCUT2D eigenvalue weighted by molar-refractivity contribution is 4.96. The Morgan fingerprint density at radius 3 is 2.06 bits per heavy atom. The fraction of sp³-hybridized carbons (Fsp3) is 1.00. The van der Waals surface area contributed by atoms with Crippen LogP contribution in [-0.2, 0) is 0 Å². The third kappa shape index (κ3) is 2.30. The van der Waals surface area contributed by atoms with Crippen LogP contribution >= 0.6 is 0 Å². The van der Waals surface area contributed by atoms with Gasteiger partial charge in [-0.05, 0) is 55.8 Å². The molecule has 0 amide bonds. The lowest BCUT2D eigenvalue weighted by atomic mass is 9.62. The van der Waals surface area contributed by atoms with E-state index < -0.39 is 0 Å². The second-order valence-corrected chi connectivity index (χ2v) is 6.73. The first kappa shape index (κ1) is 12.4. The normalized spacial score (nSPS) is 50.2. The molecular formula is C15H28O. The highest BCUT2D eigenvalue weighted by Gasteiger charge is 2.44. The van der Waals surface area contributed by atoms with Crippen LogP contribution in [0.5, 0.6) is 0 Å². The predicted octanol–water partition coefficient (Wildman–Crippen LogP) is 4.00. The van der Waals surface area contributed by atoms with Gasteiger partial charge in [-0.1, -0.05) is 33.6 Å². The highest BCUT2D eigenvalue weighted by atomic mass is 16.3. The van der Waals surface area contributed by atoms with Gasteiger partial charge < -0.3 is 5.11 Å². The second kappa shape index (κ2) is 4.68. The molecule has 0 aromatic heterocycles. The maximum absolute atomic E-state index is 11.0. The van der Waals surface area contributed by atoms with E-state index in [0.717, 1.165) is 18.3 Å². The molecule has 1 heteroatoms. The standard InChI is InChI=1S/C15H28O/c1-11-4-6-14(7-5-11)15(16)9-8-12(2)10-13(15)3/h11-14,16H,4-10H2,1-3H3. The fourth-order valence-electron chi connectivity index (χ4n) is 4.02. The summed E-state index contributed by atoms with van der Waals surface area (Å²) < 4.78 is 0. The van der Waals surface area contributed by atoms with Crippen molar-refractivity contribution in [2.45, 2.75) is 71.3 Å². The van der Waals surface area contributed by atoms with Gasteiger partial charge in [-0.3, -0.25) is 0 Å². The molecule has 3 atom stereocenters. The highest BCUT2D eigenvalue weighted by Crippen LogP contribution is 2.46. The Labute approximate surface area is 101 Å². The number of hydrogen-bond donors (Lipinski definition) is 1. The van der Waals surface area contributed by atoms with E-state index in [1.165, 1.54) is 38.5 Å². The summed E-state index contributed by atoms with van der Waals surface area (Å²) in [5.41, 5.74) is -0.327. The van der Waals surface area contributed by atoms with Gasteiger partial charge >= 0.3 is 0 Å². The third-order valence-corrected chi connectivity index (χ3v) is 5.37. The van der Waals surface area contributed by atoms with Gasteiger partial charge in [-0.15, -0.1) is 0 Å².